The van der Waals surface area contributed by atoms with Crippen LogP contribution in [-0.4, -0.2) is 19.3 Å². The molecule has 8 heteroatoms. The third-order valence-corrected chi connectivity index (χ3v) is 4.20. The molecule has 18 heavy (non-hydrogen) atoms. The van der Waals surface area contributed by atoms with Gasteiger partial charge in [0.05, 0.1) is 11.1 Å². The zero-order valence-electron chi connectivity index (χ0n) is 9.03. The maximum absolute atomic E-state index is 11.8. The van der Waals surface area contributed by atoms with Gasteiger partial charge in [0.25, 0.3) is 15.9 Å². The molecule has 6 nitrogen and oxygen atoms in total. The molecule has 0 aliphatic heterocycles. The number of hydrogen-bond donors (Lipinski definition) is 2. The van der Waals surface area contributed by atoms with Gasteiger partial charge in [0.15, 0.2) is 5.13 Å². The van der Waals surface area contributed by atoms with Gasteiger partial charge in [-0.1, -0.05) is 29.5 Å². The Hall–Kier alpha value is -1.93. The van der Waals surface area contributed by atoms with E-state index in [-0.39, 0.29) is 14.9 Å². The molecule has 1 aromatic carbocycles. The van der Waals surface area contributed by atoms with Gasteiger partial charge in [-0.15, -0.1) is 0 Å². The molecule has 2 rings (SSSR count). The monoisotopic (exact) mass is 283 g/mol. The van der Waals surface area contributed by atoms with Crippen LogP contribution < -0.4 is 10.5 Å². The summed E-state index contributed by atoms with van der Waals surface area (Å²) in [7, 11) is -3.86. The predicted octanol–water partition coefficient (Wildman–Crippen LogP) is 0.844. The van der Waals surface area contributed by atoms with Crippen LogP contribution in [0, 0.1) is 0 Å². The highest BCUT2D eigenvalue weighted by atomic mass is 32.2. The van der Waals surface area contributed by atoms with Gasteiger partial charge in [0, 0.05) is 0 Å². The normalized spacial score (nSPS) is 11.1. The predicted molar refractivity (Wildman–Crippen MR) is 67.6 cm³/mol. The molecule has 0 radical (unpaired) electrons. The summed E-state index contributed by atoms with van der Waals surface area (Å²) in [5, 5.41) is 0.206. The van der Waals surface area contributed by atoms with Gasteiger partial charge in [-0.05, 0) is 12.1 Å². The number of nitrogens with two attached hydrogens (primary N) is 1. The third-order valence-electron chi connectivity index (χ3n) is 2.03. The molecule has 1 heterocycles. The van der Waals surface area contributed by atoms with Crippen molar-refractivity contribution >= 4 is 32.4 Å². The number of nitrogen functional groups attached to an aromatic ring is 1. The molecule has 0 saturated heterocycles. The highest BCUT2D eigenvalue weighted by molar-refractivity contribution is 7.90. The van der Waals surface area contributed by atoms with Crippen LogP contribution >= 0.6 is 11.3 Å². The smallest absolute Gasteiger partial charge is 0.276 e. The fourth-order valence-corrected chi connectivity index (χ4v) is 2.86. The van der Waals surface area contributed by atoms with E-state index in [2.05, 4.69) is 4.98 Å². The molecule has 0 spiro atoms. The van der Waals surface area contributed by atoms with Crippen molar-refractivity contribution in [3.63, 3.8) is 0 Å². The first kappa shape index (κ1) is 12.5. The Bertz CT molecular complexity index is 665. The van der Waals surface area contributed by atoms with Crippen LogP contribution in [0.1, 0.15) is 9.67 Å². The Kier molecular flexibility index (Phi) is 3.30. The molecule has 0 fully saturated rings. The third kappa shape index (κ3) is 2.66. The first-order chi connectivity index (χ1) is 8.49. The zero-order valence-corrected chi connectivity index (χ0v) is 10.7. The van der Waals surface area contributed by atoms with Gasteiger partial charge >= 0.3 is 0 Å². The summed E-state index contributed by atoms with van der Waals surface area (Å²) in [6, 6.07) is 7.63. The average molecular weight is 283 g/mol. The Morgan fingerprint density at radius 3 is 2.50 bits per heavy atom. The molecule has 1 amide bonds. The minimum absolute atomic E-state index is 0.0239. The summed E-state index contributed by atoms with van der Waals surface area (Å²) in [4.78, 5) is 15.5. The van der Waals surface area contributed by atoms with Crippen molar-refractivity contribution in [2.75, 3.05) is 5.73 Å². The molecule has 0 saturated carbocycles. The van der Waals surface area contributed by atoms with E-state index < -0.39 is 15.9 Å². The molecule has 0 aliphatic carbocycles. The largest absolute Gasteiger partial charge is 0.375 e. The van der Waals surface area contributed by atoms with Gasteiger partial charge in [-0.2, -0.15) is 0 Å². The van der Waals surface area contributed by atoms with Crippen molar-refractivity contribution in [1.29, 1.82) is 0 Å². The second kappa shape index (κ2) is 4.75. The number of nitrogens with one attached hydrogen (secondary N) is 1. The van der Waals surface area contributed by atoms with Crippen molar-refractivity contribution in [2.24, 2.45) is 0 Å². The van der Waals surface area contributed by atoms with Crippen LogP contribution in [0.15, 0.2) is 41.4 Å². The highest BCUT2D eigenvalue weighted by Crippen LogP contribution is 2.15. The first-order valence-electron chi connectivity index (χ1n) is 4.82. The quantitative estimate of drug-likeness (QED) is 0.869. The van der Waals surface area contributed by atoms with E-state index in [1.165, 1.54) is 18.3 Å². The number of amides is 1. The highest BCUT2D eigenvalue weighted by Gasteiger charge is 2.19. The van der Waals surface area contributed by atoms with Crippen LogP contribution in [-0.2, 0) is 10.0 Å². The lowest BCUT2D eigenvalue weighted by atomic mass is 10.4. The molecular formula is C10H9N3O3S2. The van der Waals surface area contributed by atoms with Gasteiger partial charge in [0.1, 0.15) is 4.88 Å². The summed E-state index contributed by atoms with van der Waals surface area (Å²) in [6.45, 7) is 0. The second-order valence-electron chi connectivity index (χ2n) is 3.31. The molecule has 0 atom stereocenters. The Morgan fingerprint density at radius 2 is 1.94 bits per heavy atom. The van der Waals surface area contributed by atoms with E-state index in [1.807, 2.05) is 4.72 Å². The maximum Gasteiger partial charge on any atom is 0.276 e. The number of sulfonamides is 1. The van der Waals surface area contributed by atoms with Crippen molar-refractivity contribution in [1.82, 2.24) is 9.71 Å². The van der Waals surface area contributed by atoms with Crippen LogP contribution in [0.3, 0.4) is 0 Å². The number of anilines is 1. The average Bonchev–Trinajstić information content (AvgIpc) is 2.77. The zero-order chi connectivity index (χ0) is 13.2. The Balaban J connectivity index is 2.22. The summed E-state index contributed by atoms with van der Waals surface area (Å²) < 4.78 is 25.6. The molecule has 1 aromatic heterocycles. The molecule has 94 valence electrons. The van der Waals surface area contributed by atoms with Crippen LogP contribution in [0.5, 0.6) is 0 Å². The minimum Gasteiger partial charge on any atom is -0.375 e. The van der Waals surface area contributed by atoms with Crippen molar-refractivity contribution in [3.8, 4) is 0 Å². The van der Waals surface area contributed by atoms with Gasteiger partial charge in [0.2, 0.25) is 0 Å². The number of aromatic nitrogens is 1. The first-order valence-corrected chi connectivity index (χ1v) is 7.12. The number of carbonyl (C=O) groups excluding carboxylic acids is 1. The summed E-state index contributed by atoms with van der Waals surface area (Å²) in [5.74, 6) is -0.743. The lowest BCUT2D eigenvalue weighted by molar-refractivity contribution is 0.0985. The SMILES string of the molecule is Nc1ncc(C(=O)NS(=O)(=O)c2ccccc2)s1. The number of rotatable bonds is 3. The summed E-state index contributed by atoms with van der Waals surface area (Å²) in [6.07, 6.45) is 1.23. The summed E-state index contributed by atoms with van der Waals surface area (Å²) in [5.41, 5.74) is 5.37. The van der Waals surface area contributed by atoms with E-state index in [1.54, 1.807) is 18.2 Å². The molecule has 3 N–H and O–H groups in total. The van der Waals surface area contributed by atoms with E-state index in [0.717, 1.165) is 11.3 Å². The fraction of sp³-hybridized carbons (Fsp3) is 0. The maximum atomic E-state index is 11.8. The molecule has 0 aliphatic rings. The number of benzene rings is 1. The Morgan fingerprint density at radius 1 is 1.28 bits per heavy atom. The van der Waals surface area contributed by atoms with Gasteiger partial charge in [-0.25, -0.2) is 18.1 Å². The molecule has 0 bridgehead atoms. The van der Waals surface area contributed by atoms with E-state index in [4.69, 9.17) is 5.73 Å². The molecule has 0 unspecified atom stereocenters. The van der Waals surface area contributed by atoms with Crippen LogP contribution in [0.4, 0.5) is 5.13 Å². The fourth-order valence-electron chi connectivity index (χ4n) is 1.22. The summed E-state index contributed by atoms with van der Waals surface area (Å²) >= 11 is 0.922. The minimum atomic E-state index is -3.86. The van der Waals surface area contributed by atoms with E-state index in [0.29, 0.717) is 0 Å². The lowest BCUT2D eigenvalue weighted by Crippen LogP contribution is -2.29. The van der Waals surface area contributed by atoms with Gasteiger partial charge in [-0.3, -0.25) is 4.79 Å². The lowest BCUT2D eigenvalue weighted by Gasteiger charge is -2.04. The second-order valence-corrected chi connectivity index (χ2v) is 6.06. The number of thiazole rings is 1. The van der Waals surface area contributed by atoms with Crippen LogP contribution in [0.25, 0.3) is 0 Å². The van der Waals surface area contributed by atoms with Crippen molar-refractivity contribution in [2.45, 2.75) is 4.90 Å². The van der Waals surface area contributed by atoms with Crippen molar-refractivity contribution in [3.05, 3.63) is 41.4 Å². The molecule has 2 aromatic rings. The standard InChI is InChI=1S/C10H9N3O3S2/c11-10-12-6-8(17-10)9(14)13-18(15,16)7-4-2-1-3-5-7/h1-6H,(H2,11,12)(H,13,14). The number of hydrogen-bond acceptors (Lipinski definition) is 6. The topological polar surface area (TPSA) is 102 Å². The van der Waals surface area contributed by atoms with Gasteiger partial charge < -0.3 is 5.73 Å². The Labute approximate surface area is 108 Å². The number of nitrogens with zero attached hydrogens (tertiary/aromatic N) is 1. The molecular weight excluding hydrogens is 274 g/mol. The number of carbonyl (C=O) groups is 1. The van der Waals surface area contributed by atoms with Crippen LogP contribution in [0.2, 0.25) is 0 Å². The van der Waals surface area contributed by atoms with Crippen molar-refractivity contribution < 1.29 is 13.2 Å². The van der Waals surface area contributed by atoms with E-state index in [9.17, 15) is 13.2 Å². The van der Waals surface area contributed by atoms with E-state index >= 15 is 0 Å².